The highest BCUT2D eigenvalue weighted by molar-refractivity contribution is 6.20. The molecule has 0 bridgehead atoms. The summed E-state index contributed by atoms with van der Waals surface area (Å²) in [6.45, 7) is 5.02. The van der Waals surface area contributed by atoms with Crippen LogP contribution in [0.2, 0.25) is 0 Å². The molecule has 0 spiro atoms. The maximum atomic E-state index is 11.6. The molecule has 0 fully saturated rings. The first-order valence-electron chi connectivity index (χ1n) is 5.77. The Morgan fingerprint density at radius 1 is 0.750 bits per heavy atom. The van der Waals surface area contributed by atoms with E-state index < -0.39 is 40.1 Å². The number of hydrogen-bond donors (Lipinski definition) is 4. The molecule has 0 rings (SSSR count). The van der Waals surface area contributed by atoms with E-state index in [2.05, 4.69) is 0 Å². The average Bonchev–Trinajstić information content (AvgIpc) is 2.27. The van der Waals surface area contributed by atoms with Crippen molar-refractivity contribution in [3.8, 4) is 0 Å². The summed E-state index contributed by atoms with van der Waals surface area (Å²) in [6, 6.07) is 0. The summed E-state index contributed by atoms with van der Waals surface area (Å²) < 4.78 is 0. The van der Waals surface area contributed by atoms with Gasteiger partial charge in [-0.2, -0.15) is 0 Å². The second-order valence-electron chi connectivity index (χ2n) is 5.33. The van der Waals surface area contributed by atoms with E-state index in [-0.39, 0.29) is 6.42 Å². The van der Waals surface area contributed by atoms with E-state index in [1.165, 1.54) is 20.8 Å². The van der Waals surface area contributed by atoms with Gasteiger partial charge in [-0.3, -0.25) is 19.2 Å². The van der Waals surface area contributed by atoms with Crippen molar-refractivity contribution in [3.63, 3.8) is 0 Å². The van der Waals surface area contributed by atoms with Crippen LogP contribution in [-0.4, -0.2) is 44.3 Å². The minimum absolute atomic E-state index is 0.0748. The lowest BCUT2D eigenvalue weighted by atomic mass is 9.51. The van der Waals surface area contributed by atoms with Crippen molar-refractivity contribution in [1.29, 1.82) is 0 Å². The lowest BCUT2D eigenvalue weighted by molar-refractivity contribution is -0.204. The summed E-state index contributed by atoms with van der Waals surface area (Å²) in [6.07, 6.45) is 0.0748. The number of rotatable bonds is 7. The highest BCUT2D eigenvalue weighted by atomic mass is 16.4. The molecule has 8 nitrogen and oxygen atoms in total. The Morgan fingerprint density at radius 3 is 1.20 bits per heavy atom. The molecule has 0 saturated heterocycles. The molecular formula is C12H18O8. The van der Waals surface area contributed by atoms with Crippen LogP contribution < -0.4 is 0 Å². The Kier molecular flexibility index (Phi) is 4.56. The fraction of sp³-hybridized carbons (Fsp3) is 0.667. The summed E-state index contributed by atoms with van der Waals surface area (Å²) in [5.41, 5.74) is -7.44. The molecule has 0 heterocycles. The van der Waals surface area contributed by atoms with E-state index in [1.807, 2.05) is 0 Å². The summed E-state index contributed by atoms with van der Waals surface area (Å²) in [5, 5.41) is 36.9. The van der Waals surface area contributed by atoms with Gasteiger partial charge in [0.05, 0.1) is 0 Å². The molecule has 20 heavy (non-hydrogen) atoms. The predicted octanol–water partition coefficient (Wildman–Crippen LogP) is 0.754. The maximum absolute atomic E-state index is 11.6. The fourth-order valence-corrected chi connectivity index (χ4v) is 2.23. The average molecular weight is 290 g/mol. The smallest absolute Gasteiger partial charge is 0.333 e. The van der Waals surface area contributed by atoms with Crippen LogP contribution in [0.1, 0.15) is 34.1 Å². The van der Waals surface area contributed by atoms with Gasteiger partial charge < -0.3 is 20.4 Å². The van der Waals surface area contributed by atoms with E-state index in [0.717, 1.165) is 6.92 Å². The van der Waals surface area contributed by atoms with Crippen LogP contribution >= 0.6 is 0 Å². The minimum atomic E-state index is -3.49. The van der Waals surface area contributed by atoms with Gasteiger partial charge in [0.25, 0.3) is 5.41 Å². The molecule has 1 unspecified atom stereocenters. The molecular weight excluding hydrogens is 272 g/mol. The third kappa shape index (κ3) is 1.91. The monoisotopic (exact) mass is 290 g/mol. The largest absolute Gasteiger partial charge is 0.481 e. The first-order valence-corrected chi connectivity index (χ1v) is 5.77. The second kappa shape index (κ2) is 5.10. The normalized spacial score (nSPS) is 15.2. The van der Waals surface area contributed by atoms with Crippen molar-refractivity contribution < 1.29 is 39.6 Å². The molecule has 0 aliphatic heterocycles. The van der Waals surface area contributed by atoms with Gasteiger partial charge in [-0.1, -0.05) is 20.8 Å². The van der Waals surface area contributed by atoms with Gasteiger partial charge >= 0.3 is 23.9 Å². The molecule has 114 valence electrons. The molecule has 0 aliphatic rings. The summed E-state index contributed by atoms with van der Waals surface area (Å²) >= 11 is 0. The number of carboxylic acid groups (broad SMARTS) is 4. The topological polar surface area (TPSA) is 149 Å². The van der Waals surface area contributed by atoms with Gasteiger partial charge in [-0.05, 0) is 18.8 Å². The molecule has 0 amide bonds. The van der Waals surface area contributed by atoms with Crippen LogP contribution in [-0.2, 0) is 19.2 Å². The summed E-state index contributed by atoms with van der Waals surface area (Å²) in [7, 11) is 0. The maximum Gasteiger partial charge on any atom is 0.333 e. The van der Waals surface area contributed by atoms with Crippen molar-refractivity contribution in [1.82, 2.24) is 0 Å². The fourth-order valence-electron chi connectivity index (χ4n) is 2.23. The predicted molar refractivity (Wildman–Crippen MR) is 65.2 cm³/mol. The van der Waals surface area contributed by atoms with Gasteiger partial charge in [-0.25, -0.2) is 0 Å². The Morgan fingerprint density at radius 2 is 1.05 bits per heavy atom. The van der Waals surface area contributed by atoms with Crippen molar-refractivity contribution in [2.45, 2.75) is 34.1 Å². The molecule has 1 atom stereocenters. The molecule has 8 heteroatoms. The van der Waals surface area contributed by atoms with E-state index in [4.69, 9.17) is 0 Å². The van der Waals surface area contributed by atoms with E-state index >= 15 is 0 Å². The highest BCUT2D eigenvalue weighted by Gasteiger charge is 2.74. The van der Waals surface area contributed by atoms with Crippen LogP contribution in [0.5, 0.6) is 0 Å². The van der Waals surface area contributed by atoms with E-state index in [0.29, 0.717) is 0 Å². The zero-order chi connectivity index (χ0) is 16.5. The van der Waals surface area contributed by atoms with Gasteiger partial charge in [-0.15, -0.1) is 0 Å². The molecule has 0 saturated carbocycles. The highest BCUT2D eigenvalue weighted by Crippen LogP contribution is 2.54. The van der Waals surface area contributed by atoms with Crippen LogP contribution in [0.25, 0.3) is 0 Å². The van der Waals surface area contributed by atoms with Gasteiger partial charge in [0.2, 0.25) is 0 Å². The molecule has 0 aromatic carbocycles. The number of aliphatic carboxylic acids is 4. The van der Waals surface area contributed by atoms with Crippen LogP contribution in [0.15, 0.2) is 0 Å². The van der Waals surface area contributed by atoms with Crippen molar-refractivity contribution >= 4 is 23.9 Å². The first-order chi connectivity index (χ1) is 8.83. The Labute approximate surface area is 115 Å². The number of carboxylic acids is 4. The number of hydrogen-bond acceptors (Lipinski definition) is 4. The minimum Gasteiger partial charge on any atom is -0.481 e. The third-order valence-corrected chi connectivity index (χ3v) is 4.38. The van der Waals surface area contributed by atoms with Gasteiger partial charge in [0.1, 0.15) is 5.41 Å². The summed E-state index contributed by atoms with van der Waals surface area (Å²) in [5.74, 6) is -8.45. The van der Waals surface area contributed by atoms with E-state index in [1.54, 1.807) is 0 Å². The summed E-state index contributed by atoms with van der Waals surface area (Å²) in [4.78, 5) is 45.8. The van der Waals surface area contributed by atoms with Crippen LogP contribution in [0, 0.1) is 16.2 Å². The third-order valence-electron chi connectivity index (χ3n) is 4.38. The van der Waals surface area contributed by atoms with Gasteiger partial charge in [0.15, 0.2) is 0 Å². The van der Waals surface area contributed by atoms with Crippen molar-refractivity contribution in [2.75, 3.05) is 0 Å². The Balaban J connectivity index is 6.82. The zero-order valence-corrected chi connectivity index (χ0v) is 11.6. The van der Waals surface area contributed by atoms with Crippen LogP contribution in [0.3, 0.4) is 0 Å². The number of carbonyl (C=O) groups is 4. The van der Waals surface area contributed by atoms with Crippen LogP contribution in [0.4, 0.5) is 0 Å². The Bertz CT molecular complexity index is 428. The SMILES string of the molecule is CCC(C)(C)C(C)(C(=O)O)C(C(=O)O)(C(=O)O)C(=O)O. The Hall–Kier alpha value is -2.12. The quantitative estimate of drug-likeness (QED) is 0.502. The molecule has 4 N–H and O–H groups in total. The molecule has 0 aromatic rings. The first kappa shape index (κ1) is 17.9. The van der Waals surface area contributed by atoms with Crippen molar-refractivity contribution in [3.05, 3.63) is 0 Å². The standard InChI is InChI=1S/C12H18O8/c1-5-10(2,3)11(4,6(13)14)12(7(15)16,8(17)18)9(19)20/h5H2,1-4H3,(H,13,14)(H,15,16)(H,17,18)(H,19,20). The zero-order valence-electron chi connectivity index (χ0n) is 11.6. The molecule has 0 aromatic heterocycles. The lowest BCUT2D eigenvalue weighted by Crippen LogP contribution is -2.65. The van der Waals surface area contributed by atoms with Crippen molar-refractivity contribution in [2.24, 2.45) is 16.2 Å². The molecule has 0 aliphatic carbocycles. The molecule has 0 radical (unpaired) electrons. The van der Waals surface area contributed by atoms with Gasteiger partial charge in [0, 0.05) is 0 Å². The second-order valence-corrected chi connectivity index (χ2v) is 5.33. The lowest BCUT2D eigenvalue weighted by Gasteiger charge is -2.46. The van der Waals surface area contributed by atoms with E-state index in [9.17, 15) is 39.6 Å².